The molecular formula is C36H49N3O5. The fourth-order valence-electron chi connectivity index (χ4n) is 7.38. The van der Waals surface area contributed by atoms with Gasteiger partial charge in [-0.15, -0.1) is 0 Å². The Morgan fingerprint density at radius 2 is 1.77 bits per heavy atom. The van der Waals surface area contributed by atoms with Gasteiger partial charge in [-0.25, -0.2) is 0 Å². The number of likely N-dealkylation sites (tertiary alicyclic amines) is 1. The summed E-state index contributed by atoms with van der Waals surface area (Å²) in [6.07, 6.45) is 10.1. The maximum atomic E-state index is 13.8. The number of ether oxygens (including phenoxy) is 3. The van der Waals surface area contributed by atoms with Crippen LogP contribution in [0.5, 0.6) is 11.5 Å². The maximum absolute atomic E-state index is 13.8. The zero-order valence-electron chi connectivity index (χ0n) is 26.4. The first-order chi connectivity index (χ1) is 21.6. The van der Waals surface area contributed by atoms with Crippen LogP contribution in [0.1, 0.15) is 91.8 Å². The van der Waals surface area contributed by atoms with Crippen molar-refractivity contribution in [3.8, 4) is 11.5 Å². The molecule has 1 spiro atoms. The van der Waals surface area contributed by atoms with Gasteiger partial charge in [-0.3, -0.25) is 9.59 Å². The quantitative estimate of drug-likeness (QED) is 0.407. The molecule has 0 saturated carbocycles. The van der Waals surface area contributed by atoms with Crippen molar-refractivity contribution in [2.75, 3.05) is 64.1 Å². The Balaban J connectivity index is 1.16. The van der Waals surface area contributed by atoms with Crippen molar-refractivity contribution in [2.45, 2.75) is 77.2 Å². The summed E-state index contributed by atoms with van der Waals surface area (Å²) < 4.78 is 18.7. The number of fused-ring (bicyclic) bond motifs is 2. The first-order valence-corrected chi connectivity index (χ1v) is 17.0. The Morgan fingerprint density at radius 3 is 2.59 bits per heavy atom. The van der Waals surface area contributed by atoms with E-state index in [2.05, 4.69) is 11.8 Å². The highest BCUT2D eigenvalue weighted by Gasteiger charge is 2.38. The molecule has 0 unspecified atom stereocenters. The minimum atomic E-state index is -0.0498. The first kappa shape index (κ1) is 30.8. The Morgan fingerprint density at radius 1 is 0.955 bits per heavy atom. The highest BCUT2D eigenvalue weighted by molar-refractivity contribution is 5.97. The lowest BCUT2D eigenvalue weighted by Gasteiger charge is -2.42. The number of carbonyl (C=O) groups excluding carboxylic acids is 2. The number of hydrogen-bond donors (Lipinski definition) is 0. The lowest BCUT2D eigenvalue weighted by atomic mass is 9.75. The van der Waals surface area contributed by atoms with E-state index in [1.165, 1.54) is 12.8 Å². The van der Waals surface area contributed by atoms with Gasteiger partial charge in [0.05, 0.1) is 37.1 Å². The van der Waals surface area contributed by atoms with Crippen LogP contribution in [0.15, 0.2) is 42.5 Å². The molecule has 0 N–H and O–H groups in total. The normalized spacial score (nSPS) is 22.7. The van der Waals surface area contributed by atoms with Crippen LogP contribution in [-0.4, -0.2) is 86.8 Å². The van der Waals surface area contributed by atoms with Crippen LogP contribution in [0.4, 0.5) is 5.69 Å². The van der Waals surface area contributed by atoms with Crippen LogP contribution in [0.25, 0.3) is 0 Å². The summed E-state index contributed by atoms with van der Waals surface area (Å²) in [5, 5.41) is 0. The molecule has 44 heavy (non-hydrogen) atoms. The van der Waals surface area contributed by atoms with E-state index in [0.717, 1.165) is 88.0 Å². The number of hydrogen-bond acceptors (Lipinski definition) is 6. The standard InChI is InChI=1S/C36H49N3O5/c1-2-23-43-33-14-13-28(25-31(33)37-18-6-7-19-37)34(40)38-21-16-36(17-22-38)15-5-8-24-42-26-29-10-9-20-39(29)35(41)30-11-3-4-12-32(30)44-27-36/h3-4,11-14,25,29H,2,5-10,15-24,26-27H2,1H3/t29-/m0/s1. The Labute approximate surface area is 262 Å². The Kier molecular flexibility index (Phi) is 9.95. The van der Waals surface area contributed by atoms with Gasteiger partial charge in [0.15, 0.2) is 0 Å². The van der Waals surface area contributed by atoms with Gasteiger partial charge in [-0.2, -0.15) is 0 Å². The minimum Gasteiger partial charge on any atom is -0.492 e. The van der Waals surface area contributed by atoms with Gasteiger partial charge in [0.25, 0.3) is 11.8 Å². The lowest BCUT2D eigenvalue weighted by molar-refractivity contribution is 0.0303. The second-order valence-electron chi connectivity index (χ2n) is 13.1. The van der Waals surface area contributed by atoms with Crippen LogP contribution >= 0.6 is 0 Å². The van der Waals surface area contributed by atoms with Crippen LogP contribution in [0, 0.1) is 5.41 Å². The van der Waals surface area contributed by atoms with E-state index in [1.54, 1.807) is 0 Å². The van der Waals surface area contributed by atoms with Crippen LogP contribution in [-0.2, 0) is 4.74 Å². The zero-order valence-corrected chi connectivity index (χ0v) is 26.4. The first-order valence-electron chi connectivity index (χ1n) is 17.0. The number of nitrogens with zero attached hydrogens (tertiary/aromatic N) is 3. The van der Waals surface area contributed by atoms with Crippen molar-refractivity contribution in [1.29, 1.82) is 0 Å². The SMILES string of the molecule is CCCOc1ccc(C(=O)N2CCC3(CCCCOC[C@@H]4CCCN4C(=O)c4ccccc4OC3)CC2)cc1N1CCCC1. The topological polar surface area (TPSA) is 71.5 Å². The van der Waals surface area contributed by atoms with Gasteiger partial charge in [-0.1, -0.05) is 25.5 Å². The highest BCUT2D eigenvalue weighted by atomic mass is 16.5. The second-order valence-corrected chi connectivity index (χ2v) is 13.1. The zero-order chi connectivity index (χ0) is 30.4. The molecule has 8 heteroatoms. The molecule has 2 aromatic carbocycles. The molecule has 4 aliphatic rings. The lowest BCUT2D eigenvalue weighted by Crippen LogP contribution is -2.45. The maximum Gasteiger partial charge on any atom is 0.257 e. The van der Waals surface area contributed by atoms with E-state index in [-0.39, 0.29) is 23.3 Å². The van der Waals surface area contributed by atoms with Crippen LogP contribution in [0.3, 0.4) is 0 Å². The predicted octanol–water partition coefficient (Wildman–Crippen LogP) is 6.18. The average molecular weight is 604 g/mol. The van der Waals surface area contributed by atoms with Crippen molar-refractivity contribution < 1.29 is 23.8 Å². The van der Waals surface area contributed by atoms with E-state index >= 15 is 0 Å². The molecule has 6 rings (SSSR count). The molecule has 0 bridgehead atoms. The molecular weight excluding hydrogens is 554 g/mol. The van der Waals surface area contributed by atoms with E-state index in [9.17, 15) is 9.59 Å². The second kappa shape index (κ2) is 14.2. The minimum absolute atomic E-state index is 0.0395. The monoisotopic (exact) mass is 603 g/mol. The Hall–Kier alpha value is -3.26. The van der Waals surface area contributed by atoms with Crippen molar-refractivity contribution in [1.82, 2.24) is 9.80 Å². The molecule has 2 aromatic rings. The van der Waals surface area contributed by atoms with Gasteiger partial charge in [0, 0.05) is 50.3 Å². The number of carbonyl (C=O) groups is 2. The average Bonchev–Trinajstić information content (AvgIpc) is 3.77. The van der Waals surface area contributed by atoms with Gasteiger partial charge in [0.2, 0.25) is 0 Å². The number of benzene rings is 2. The predicted molar refractivity (Wildman–Crippen MR) is 172 cm³/mol. The summed E-state index contributed by atoms with van der Waals surface area (Å²) in [5.74, 6) is 1.67. The molecule has 0 aliphatic carbocycles. The number of amides is 2. The number of anilines is 1. The van der Waals surface area contributed by atoms with Gasteiger partial charge in [0.1, 0.15) is 11.5 Å². The molecule has 4 heterocycles. The third-order valence-electron chi connectivity index (χ3n) is 10.1. The van der Waals surface area contributed by atoms with E-state index in [0.29, 0.717) is 50.8 Å². The summed E-state index contributed by atoms with van der Waals surface area (Å²) in [4.78, 5) is 33.8. The largest absolute Gasteiger partial charge is 0.492 e. The summed E-state index contributed by atoms with van der Waals surface area (Å²) in [5.41, 5.74) is 2.37. The van der Waals surface area contributed by atoms with Crippen molar-refractivity contribution in [3.05, 3.63) is 53.6 Å². The van der Waals surface area contributed by atoms with E-state index in [4.69, 9.17) is 14.2 Å². The summed E-state index contributed by atoms with van der Waals surface area (Å²) in [6.45, 7) is 8.82. The van der Waals surface area contributed by atoms with Gasteiger partial charge in [-0.05, 0) is 88.1 Å². The van der Waals surface area contributed by atoms with Gasteiger partial charge >= 0.3 is 0 Å². The Bertz CT molecular complexity index is 1280. The molecule has 0 aromatic heterocycles. The smallest absolute Gasteiger partial charge is 0.257 e. The van der Waals surface area contributed by atoms with Gasteiger partial charge < -0.3 is 28.9 Å². The molecule has 238 valence electrons. The molecule has 2 amide bonds. The fourth-order valence-corrected chi connectivity index (χ4v) is 7.38. The molecule has 3 saturated heterocycles. The molecule has 3 fully saturated rings. The van der Waals surface area contributed by atoms with E-state index < -0.39 is 0 Å². The number of piperidine rings is 1. The summed E-state index contributed by atoms with van der Waals surface area (Å²) in [6, 6.07) is 13.8. The summed E-state index contributed by atoms with van der Waals surface area (Å²) in [7, 11) is 0. The third kappa shape index (κ3) is 6.85. The fraction of sp³-hybridized carbons (Fsp3) is 0.611. The third-order valence-corrected chi connectivity index (χ3v) is 10.1. The number of rotatable bonds is 5. The van der Waals surface area contributed by atoms with Crippen molar-refractivity contribution in [3.63, 3.8) is 0 Å². The molecule has 0 radical (unpaired) electrons. The van der Waals surface area contributed by atoms with Crippen molar-refractivity contribution >= 4 is 17.5 Å². The van der Waals surface area contributed by atoms with Crippen molar-refractivity contribution in [2.24, 2.45) is 5.41 Å². The van der Waals surface area contributed by atoms with E-state index in [1.807, 2.05) is 52.3 Å². The molecule has 8 nitrogen and oxygen atoms in total. The summed E-state index contributed by atoms with van der Waals surface area (Å²) >= 11 is 0. The van der Waals surface area contributed by atoms with Crippen LogP contribution in [0.2, 0.25) is 0 Å². The van der Waals surface area contributed by atoms with Crippen LogP contribution < -0.4 is 14.4 Å². The molecule has 4 aliphatic heterocycles. The highest BCUT2D eigenvalue weighted by Crippen LogP contribution is 2.39. The molecule has 1 atom stereocenters. The number of para-hydroxylation sites is 1.